The van der Waals surface area contributed by atoms with Crippen molar-refractivity contribution in [2.45, 2.75) is 19.8 Å². The smallest absolute Gasteiger partial charge is 0.293 e. The summed E-state index contributed by atoms with van der Waals surface area (Å²) in [6.07, 6.45) is 2.71. The summed E-state index contributed by atoms with van der Waals surface area (Å²) in [4.78, 5) is 12.6. The fraction of sp³-hybridized carbons (Fsp3) is 0.294. The molecule has 2 heterocycles. The van der Waals surface area contributed by atoms with Gasteiger partial charge < -0.3 is 15.2 Å². The van der Waals surface area contributed by atoms with Gasteiger partial charge in [-0.2, -0.15) is 9.78 Å². The predicted octanol–water partition coefficient (Wildman–Crippen LogP) is 0.966. The number of carbonyl (C=O) groups excluding carboxylic acids is 1. The zero-order valence-electron chi connectivity index (χ0n) is 16.1. The van der Waals surface area contributed by atoms with Crippen molar-refractivity contribution in [3.63, 3.8) is 0 Å². The third-order valence-corrected chi connectivity index (χ3v) is 3.97. The van der Waals surface area contributed by atoms with E-state index < -0.39 is 5.91 Å². The summed E-state index contributed by atoms with van der Waals surface area (Å²) < 4.78 is 16.4. The minimum absolute atomic E-state index is 0.0452. The lowest BCUT2D eigenvalue weighted by atomic mass is 10.2. The number of carbonyl (C=O) groups is 1. The number of ether oxygens (including phenoxy) is 2. The van der Waals surface area contributed by atoms with E-state index in [1.165, 1.54) is 18.0 Å². The second-order valence-corrected chi connectivity index (χ2v) is 5.83. The molecule has 0 saturated heterocycles. The first-order valence-corrected chi connectivity index (χ1v) is 8.67. The molecule has 0 fully saturated rings. The number of nitrogens with one attached hydrogen (secondary N) is 1. The topological polar surface area (TPSA) is 156 Å². The average Bonchev–Trinajstić information content (AvgIpc) is 3.34. The van der Waals surface area contributed by atoms with Gasteiger partial charge in [0.25, 0.3) is 5.91 Å². The number of hydrazone groups is 1. The maximum atomic E-state index is 12.6. The Morgan fingerprint density at radius 2 is 2.17 bits per heavy atom. The summed E-state index contributed by atoms with van der Waals surface area (Å²) in [6.45, 7) is 1.96. The number of hydrogen-bond donors (Lipinski definition) is 2. The van der Waals surface area contributed by atoms with Gasteiger partial charge in [0, 0.05) is 11.6 Å². The van der Waals surface area contributed by atoms with Gasteiger partial charge in [0.15, 0.2) is 5.69 Å². The number of nitrogens with zero attached hydrogens (tertiary/aromatic N) is 6. The van der Waals surface area contributed by atoms with Crippen LogP contribution in [0.25, 0.3) is 5.82 Å². The Kier molecular flexibility index (Phi) is 6.02. The summed E-state index contributed by atoms with van der Waals surface area (Å²) in [7, 11) is 3.09. The Balaban J connectivity index is 1.80. The Hall–Kier alpha value is -3.96. The van der Waals surface area contributed by atoms with Gasteiger partial charge in [-0.25, -0.2) is 10.1 Å². The van der Waals surface area contributed by atoms with Crippen LogP contribution in [0.15, 0.2) is 27.9 Å². The van der Waals surface area contributed by atoms with E-state index in [9.17, 15) is 4.79 Å². The quantitative estimate of drug-likeness (QED) is 0.415. The van der Waals surface area contributed by atoms with Crippen LogP contribution in [0.1, 0.15) is 35.1 Å². The zero-order valence-corrected chi connectivity index (χ0v) is 16.1. The molecular weight excluding hydrogens is 380 g/mol. The third kappa shape index (κ3) is 4.15. The molecule has 0 aliphatic heterocycles. The number of rotatable bonds is 8. The van der Waals surface area contributed by atoms with Crippen LogP contribution in [0.4, 0.5) is 5.82 Å². The monoisotopic (exact) mass is 400 g/mol. The van der Waals surface area contributed by atoms with Crippen molar-refractivity contribution in [3.8, 4) is 17.3 Å². The number of nitrogen functional groups attached to an aromatic ring is 1. The van der Waals surface area contributed by atoms with Gasteiger partial charge in [-0.05, 0) is 28.9 Å². The Bertz CT molecular complexity index is 1030. The first-order chi connectivity index (χ1) is 14.1. The highest BCUT2D eigenvalue weighted by Crippen LogP contribution is 2.23. The number of benzene rings is 1. The molecule has 2 aromatic heterocycles. The summed E-state index contributed by atoms with van der Waals surface area (Å²) >= 11 is 0. The van der Waals surface area contributed by atoms with Crippen molar-refractivity contribution in [1.82, 2.24) is 30.7 Å². The van der Waals surface area contributed by atoms with Crippen LogP contribution in [-0.2, 0) is 6.42 Å². The molecule has 0 atom stereocenters. The van der Waals surface area contributed by atoms with E-state index in [1.807, 2.05) is 6.92 Å². The van der Waals surface area contributed by atoms with Gasteiger partial charge in [0.1, 0.15) is 11.5 Å². The number of aromatic nitrogens is 5. The van der Waals surface area contributed by atoms with Crippen molar-refractivity contribution in [2.24, 2.45) is 5.10 Å². The van der Waals surface area contributed by atoms with E-state index >= 15 is 0 Å². The van der Waals surface area contributed by atoms with Crippen LogP contribution in [0.2, 0.25) is 0 Å². The van der Waals surface area contributed by atoms with Gasteiger partial charge in [-0.3, -0.25) is 4.79 Å². The molecule has 3 aromatic rings. The molecule has 29 heavy (non-hydrogen) atoms. The van der Waals surface area contributed by atoms with Crippen molar-refractivity contribution in [3.05, 3.63) is 35.2 Å². The number of nitrogens with two attached hydrogens (primary N) is 1. The van der Waals surface area contributed by atoms with E-state index in [0.717, 1.165) is 6.42 Å². The van der Waals surface area contributed by atoms with Gasteiger partial charge in [0.2, 0.25) is 11.6 Å². The first-order valence-electron chi connectivity index (χ1n) is 8.67. The molecule has 1 amide bonds. The summed E-state index contributed by atoms with van der Waals surface area (Å²) in [5, 5.41) is 19.1. The van der Waals surface area contributed by atoms with Crippen LogP contribution < -0.4 is 20.6 Å². The number of methoxy groups -OCH3 is 2. The van der Waals surface area contributed by atoms with Crippen LogP contribution in [0.5, 0.6) is 11.5 Å². The second-order valence-electron chi connectivity index (χ2n) is 5.83. The zero-order chi connectivity index (χ0) is 20.8. The largest absolute Gasteiger partial charge is 0.497 e. The number of anilines is 1. The average molecular weight is 400 g/mol. The molecule has 12 heteroatoms. The van der Waals surface area contributed by atoms with Crippen LogP contribution in [0.3, 0.4) is 0 Å². The van der Waals surface area contributed by atoms with Gasteiger partial charge in [-0.15, -0.1) is 5.10 Å². The molecule has 0 saturated carbocycles. The van der Waals surface area contributed by atoms with Crippen LogP contribution >= 0.6 is 0 Å². The fourth-order valence-corrected chi connectivity index (χ4v) is 2.59. The van der Waals surface area contributed by atoms with Crippen molar-refractivity contribution in [2.75, 3.05) is 20.0 Å². The molecular formula is C17H20N8O4. The van der Waals surface area contributed by atoms with E-state index in [0.29, 0.717) is 29.2 Å². The Morgan fingerprint density at radius 3 is 2.83 bits per heavy atom. The molecule has 0 bridgehead atoms. The molecule has 3 rings (SSSR count). The second kappa shape index (κ2) is 8.82. The molecule has 0 radical (unpaired) electrons. The van der Waals surface area contributed by atoms with Gasteiger partial charge >= 0.3 is 0 Å². The molecule has 0 spiro atoms. The van der Waals surface area contributed by atoms with Crippen LogP contribution in [0, 0.1) is 0 Å². The molecule has 12 nitrogen and oxygen atoms in total. The minimum Gasteiger partial charge on any atom is -0.497 e. The molecule has 0 aliphatic rings. The van der Waals surface area contributed by atoms with E-state index in [1.54, 1.807) is 25.3 Å². The summed E-state index contributed by atoms with van der Waals surface area (Å²) in [5.74, 6) is 0.883. The summed E-state index contributed by atoms with van der Waals surface area (Å²) in [6, 6.07) is 5.23. The Labute approximate surface area is 165 Å². The molecule has 152 valence electrons. The minimum atomic E-state index is -0.529. The molecule has 0 aliphatic carbocycles. The lowest BCUT2D eigenvalue weighted by Gasteiger charge is -2.07. The molecule has 3 N–H and O–H groups in total. The highest BCUT2D eigenvalue weighted by Gasteiger charge is 2.23. The Morgan fingerprint density at radius 1 is 1.34 bits per heavy atom. The van der Waals surface area contributed by atoms with E-state index in [4.69, 9.17) is 15.2 Å². The maximum absolute atomic E-state index is 12.6. The van der Waals surface area contributed by atoms with E-state index in [2.05, 4.69) is 35.8 Å². The third-order valence-electron chi connectivity index (χ3n) is 3.97. The summed E-state index contributed by atoms with van der Waals surface area (Å²) in [5.41, 5.74) is 9.43. The maximum Gasteiger partial charge on any atom is 0.293 e. The number of hydrogen-bond acceptors (Lipinski definition) is 10. The van der Waals surface area contributed by atoms with Crippen molar-refractivity contribution >= 4 is 17.9 Å². The fourth-order valence-electron chi connectivity index (χ4n) is 2.59. The number of amides is 1. The highest BCUT2D eigenvalue weighted by atomic mass is 16.6. The lowest BCUT2D eigenvalue weighted by Crippen LogP contribution is -2.20. The van der Waals surface area contributed by atoms with Crippen LogP contribution in [-0.4, -0.2) is 51.6 Å². The SMILES string of the molecule is CCCc1c(C(=O)N/N=C/c2ccc(OC)cc2OC)nnn1-c1nonc1N. The van der Waals surface area contributed by atoms with Crippen molar-refractivity contribution < 1.29 is 18.9 Å². The van der Waals surface area contributed by atoms with Crippen molar-refractivity contribution in [1.29, 1.82) is 0 Å². The first kappa shape index (κ1) is 19.8. The lowest BCUT2D eigenvalue weighted by molar-refractivity contribution is 0.0949. The normalized spacial score (nSPS) is 11.0. The molecule has 1 aromatic carbocycles. The van der Waals surface area contributed by atoms with E-state index in [-0.39, 0.29) is 17.3 Å². The van der Waals surface area contributed by atoms with Gasteiger partial charge in [-0.1, -0.05) is 18.6 Å². The molecule has 0 unspecified atom stereocenters. The standard InChI is InChI=1S/C17H20N8O4/c1-4-5-12-14(20-24-25(12)16-15(18)22-29-23-16)17(26)21-19-9-10-6-7-11(27-2)8-13(10)28-3/h6-9H,4-5H2,1-3H3,(H2,18,22)(H,21,26)/b19-9+. The predicted molar refractivity (Wildman–Crippen MR) is 102 cm³/mol. The highest BCUT2D eigenvalue weighted by molar-refractivity contribution is 5.94. The van der Waals surface area contributed by atoms with Gasteiger partial charge in [0.05, 0.1) is 26.1 Å².